The van der Waals surface area contributed by atoms with Crippen molar-refractivity contribution < 1.29 is 14.2 Å². The van der Waals surface area contributed by atoms with Gasteiger partial charge in [-0.05, 0) is 25.2 Å². The molecule has 0 N–H and O–H groups in total. The lowest BCUT2D eigenvalue weighted by Crippen LogP contribution is -2.10. The van der Waals surface area contributed by atoms with E-state index in [-0.39, 0.29) is 0 Å². The Kier molecular flexibility index (Phi) is 2.04. The van der Waals surface area contributed by atoms with Crippen molar-refractivity contribution in [2.45, 2.75) is 37.6 Å². The van der Waals surface area contributed by atoms with Crippen LogP contribution in [0.3, 0.4) is 0 Å². The van der Waals surface area contributed by atoms with Crippen LogP contribution in [0.15, 0.2) is 0 Å². The molecule has 3 fully saturated rings. The maximum atomic E-state index is 5.26. The van der Waals surface area contributed by atoms with Gasteiger partial charge in [0.15, 0.2) is 0 Å². The van der Waals surface area contributed by atoms with E-state index in [4.69, 9.17) is 14.2 Å². The first kappa shape index (κ1) is 8.21. The van der Waals surface area contributed by atoms with Gasteiger partial charge in [0.25, 0.3) is 0 Å². The van der Waals surface area contributed by atoms with E-state index in [0.29, 0.717) is 18.3 Å². The van der Waals surface area contributed by atoms with Crippen molar-refractivity contribution in [2.75, 3.05) is 19.8 Å². The summed E-state index contributed by atoms with van der Waals surface area (Å²) in [5.41, 5.74) is 0. The molecule has 13 heavy (non-hydrogen) atoms. The van der Waals surface area contributed by atoms with Crippen LogP contribution in [-0.2, 0) is 14.2 Å². The van der Waals surface area contributed by atoms with E-state index in [1.807, 2.05) is 0 Å². The van der Waals surface area contributed by atoms with Crippen molar-refractivity contribution in [2.24, 2.45) is 5.92 Å². The van der Waals surface area contributed by atoms with Crippen LogP contribution in [0.2, 0.25) is 0 Å². The second kappa shape index (κ2) is 3.23. The van der Waals surface area contributed by atoms with Crippen molar-refractivity contribution >= 4 is 0 Å². The zero-order valence-electron chi connectivity index (χ0n) is 7.78. The van der Waals surface area contributed by atoms with Gasteiger partial charge in [-0.25, -0.2) is 0 Å². The molecule has 0 aromatic rings. The third-order valence-corrected chi connectivity index (χ3v) is 3.00. The summed E-state index contributed by atoms with van der Waals surface area (Å²) in [6.07, 6.45) is 5.34. The SMILES string of the molecule is C1OC1CC(CC1CO1)CC1CO1. The van der Waals surface area contributed by atoms with Gasteiger partial charge in [-0.3, -0.25) is 0 Å². The van der Waals surface area contributed by atoms with Crippen LogP contribution < -0.4 is 0 Å². The molecule has 74 valence electrons. The van der Waals surface area contributed by atoms with Crippen LogP contribution in [0, 0.1) is 5.92 Å². The predicted molar refractivity (Wildman–Crippen MR) is 46.6 cm³/mol. The van der Waals surface area contributed by atoms with Crippen LogP contribution in [0.5, 0.6) is 0 Å². The Morgan fingerprint density at radius 1 is 0.769 bits per heavy atom. The number of rotatable bonds is 6. The predicted octanol–water partition coefficient (Wildman–Crippen LogP) is 0.969. The van der Waals surface area contributed by atoms with Gasteiger partial charge >= 0.3 is 0 Å². The van der Waals surface area contributed by atoms with E-state index in [1.54, 1.807) is 0 Å². The minimum atomic E-state index is 0.558. The molecule has 0 amide bonds. The molecule has 3 rings (SSSR count). The van der Waals surface area contributed by atoms with Crippen molar-refractivity contribution in [1.82, 2.24) is 0 Å². The molecule has 0 aromatic carbocycles. The zero-order chi connectivity index (χ0) is 8.67. The zero-order valence-corrected chi connectivity index (χ0v) is 7.78. The molecule has 0 radical (unpaired) electrons. The molecule has 3 aliphatic heterocycles. The molecule has 3 heteroatoms. The van der Waals surface area contributed by atoms with Crippen molar-refractivity contribution in [1.29, 1.82) is 0 Å². The summed E-state index contributed by atoms with van der Waals surface area (Å²) >= 11 is 0. The Morgan fingerprint density at radius 2 is 1.08 bits per heavy atom. The number of epoxide rings is 3. The van der Waals surface area contributed by atoms with Crippen LogP contribution in [0.25, 0.3) is 0 Å². The van der Waals surface area contributed by atoms with Gasteiger partial charge < -0.3 is 14.2 Å². The average Bonchev–Trinajstić information content (AvgIpc) is 2.94. The van der Waals surface area contributed by atoms with Gasteiger partial charge in [0.2, 0.25) is 0 Å². The fraction of sp³-hybridized carbons (Fsp3) is 1.00. The van der Waals surface area contributed by atoms with Crippen LogP contribution in [0.4, 0.5) is 0 Å². The third-order valence-electron chi connectivity index (χ3n) is 3.00. The van der Waals surface area contributed by atoms with Crippen molar-refractivity contribution in [3.8, 4) is 0 Å². The normalized spacial score (nSPS) is 42.9. The van der Waals surface area contributed by atoms with E-state index in [2.05, 4.69) is 0 Å². The summed E-state index contributed by atoms with van der Waals surface area (Å²) in [6, 6.07) is 0. The molecular formula is C10H16O3. The molecule has 3 aliphatic rings. The number of hydrogen-bond donors (Lipinski definition) is 0. The first-order chi connectivity index (χ1) is 6.40. The van der Waals surface area contributed by atoms with Gasteiger partial charge in [0, 0.05) is 0 Å². The van der Waals surface area contributed by atoms with Gasteiger partial charge in [0.05, 0.1) is 38.1 Å². The second-order valence-electron chi connectivity index (χ2n) is 4.44. The van der Waals surface area contributed by atoms with E-state index >= 15 is 0 Å². The highest BCUT2D eigenvalue weighted by Gasteiger charge is 2.35. The Balaban J connectivity index is 1.45. The topological polar surface area (TPSA) is 37.6 Å². The highest BCUT2D eigenvalue weighted by atomic mass is 16.6. The molecule has 0 aromatic heterocycles. The lowest BCUT2D eigenvalue weighted by Gasteiger charge is -2.12. The third kappa shape index (κ3) is 2.66. The maximum Gasteiger partial charge on any atom is 0.0812 e. The van der Waals surface area contributed by atoms with Gasteiger partial charge in [0.1, 0.15) is 0 Å². The van der Waals surface area contributed by atoms with E-state index in [1.165, 1.54) is 19.3 Å². The summed E-state index contributed by atoms with van der Waals surface area (Å²) < 4.78 is 15.8. The monoisotopic (exact) mass is 184 g/mol. The Labute approximate surface area is 78.3 Å². The molecule has 3 heterocycles. The lowest BCUT2D eigenvalue weighted by molar-refractivity contribution is 0.273. The summed E-state index contributed by atoms with van der Waals surface area (Å²) in [7, 11) is 0. The summed E-state index contributed by atoms with van der Waals surface area (Å²) in [5, 5.41) is 0. The summed E-state index contributed by atoms with van der Waals surface area (Å²) in [6.45, 7) is 2.94. The molecular weight excluding hydrogens is 168 g/mol. The number of hydrogen-bond acceptors (Lipinski definition) is 3. The standard InChI is InChI=1S/C10H16O3/c1(8-4-11-8)7(2-9-5-12-9)3-10-6-13-10/h7-10H,1-6H2. The van der Waals surface area contributed by atoms with Gasteiger partial charge in [-0.1, -0.05) is 0 Å². The highest BCUT2D eigenvalue weighted by Crippen LogP contribution is 2.32. The van der Waals surface area contributed by atoms with Crippen LogP contribution in [0.1, 0.15) is 19.3 Å². The van der Waals surface area contributed by atoms with Gasteiger partial charge in [-0.2, -0.15) is 0 Å². The highest BCUT2D eigenvalue weighted by molar-refractivity contribution is 4.83. The molecule has 0 spiro atoms. The van der Waals surface area contributed by atoms with Crippen LogP contribution in [-0.4, -0.2) is 38.1 Å². The van der Waals surface area contributed by atoms with E-state index in [9.17, 15) is 0 Å². The summed E-state index contributed by atoms with van der Waals surface area (Å²) in [5.74, 6) is 0.771. The fourth-order valence-corrected chi connectivity index (χ4v) is 2.02. The molecule has 0 aliphatic carbocycles. The lowest BCUT2D eigenvalue weighted by atomic mass is 9.93. The fourth-order valence-electron chi connectivity index (χ4n) is 2.02. The second-order valence-corrected chi connectivity index (χ2v) is 4.44. The largest absolute Gasteiger partial charge is 0.373 e. The first-order valence-electron chi connectivity index (χ1n) is 5.25. The molecule has 3 saturated heterocycles. The number of ether oxygens (including phenoxy) is 3. The molecule has 3 atom stereocenters. The minimum absolute atomic E-state index is 0.558. The minimum Gasteiger partial charge on any atom is -0.373 e. The molecule has 0 bridgehead atoms. The molecule has 3 nitrogen and oxygen atoms in total. The first-order valence-corrected chi connectivity index (χ1v) is 5.25. The maximum absolute atomic E-state index is 5.26. The Hall–Kier alpha value is -0.120. The molecule has 0 saturated carbocycles. The average molecular weight is 184 g/mol. The van der Waals surface area contributed by atoms with E-state index in [0.717, 1.165) is 25.7 Å². The quantitative estimate of drug-likeness (QED) is 0.577. The Bertz CT molecular complexity index is 149. The molecule has 3 unspecified atom stereocenters. The Morgan fingerprint density at radius 3 is 1.31 bits per heavy atom. The van der Waals surface area contributed by atoms with Gasteiger partial charge in [-0.15, -0.1) is 0 Å². The van der Waals surface area contributed by atoms with Crippen molar-refractivity contribution in [3.63, 3.8) is 0 Å². The smallest absolute Gasteiger partial charge is 0.0812 e. The van der Waals surface area contributed by atoms with Crippen molar-refractivity contribution in [3.05, 3.63) is 0 Å². The summed E-state index contributed by atoms with van der Waals surface area (Å²) in [4.78, 5) is 0. The van der Waals surface area contributed by atoms with E-state index < -0.39 is 0 Å². The van der Waals surface area contributed by atoms with Crippen LogP contribution >= 0.6 is 0 Å².